The summed E-state index contributed by atoms with van der Waals surface area (Å²) in [6.45, 7) is 1.87. The zero-order chi connectivity index (χ0) is 26.6. The van der Waals surface area contributed by atoms with E-state index in [1.54, 1.807) is 24.3 Å². The number of benzene rings is 2. The van der Waals surface area contributed by atoms with Crippen molar-refractivity contribution in [2.45, 2.75) is 55.3 Å². The molecule has 1 saturated heterocycles. The largest absolute Gasteiger partial charge is 1.00 e. The normalized spacial score (nSPS) is 15.7. The molecule has 6 nitrogen and oxygen atoms in total. The summed E-state index contributed by atoms with van der Waals surface area (Å²) >= 11 is 0. The predicted octanol–water partition coefficient (Wildman–Crippen LogP) is 4.17. The minimum absolute atomic E-state index is 0. The number of hydrogen-bond acceptors (Lipinski definition) is 6. The molecule has 0 radical (unpaired) electrons. The van der Waals surface area contributed by atoms with Gasteiger partial charge in [-0.15, -0.1) is 0 Å². The van der Waals surface area contributed by atoms with Gasteiger partial charge < -0.3 is 9.52 Å². The van der Waals surface area contributed by atoms with Crippen molar-refractivity contribution in [2.24, 2.45) is 0 Å². The Labute approximate surface area is 250 Å². The van der Waals surface area contributed by atoms with Crippen LogP contribution in [0.2, 0.25) is 0 Å². The molecule has 2 aromatic carbocycles. The van der Waals surface area contributed by atoms with E-state index in [0.717, 1.165) is 41.3 Å². The van der Waals surface area contributed by atoms with Crippen molar-refractivity contribution in [3.63, 3.8) is 0 Å². The van der Waals surface area contributed by atoms with Crippen LogP contribution in [0.25, 0.3) is 21.7 Å². The maximum atomic E-state index is 13.4. The van der Waals surface area contributed by atoms with E-state index in [-0.39, 0.29) is 52.3 Å². The Morgan fingerprint density at radius 2 is 1.79 bits per heavy atom. The molecule has 1 amide bonds. The summed E-state index contributed by atoms with van der Waals surface area (Å²) in [6, 6.07) is 13.0. The van der Waals surface area contributed by atoms with E-state index in [2.05, 4.69) is 9.82 Å². The summed E-state index contributed by atoms with van der Waals surface area (Å²) in [5.74, 6) is 0.429. The third kappa shape index (κ3) is 8.04. The molecule has 0 saturated carbocycles. The molecule has 0 aliphatic carbocycles. The Hall–Kier alpha value is -1.44. The van der Waals surface area contributed by atoms with E-state index in [1.165, 1.54) is 24.3 Å². The molecule has 0 spiro atoms. The van der Waals surface area contributed by atoms with Crippen LogP contribution in [0.4, 0.5) is 13.2 Å². The van der Waals surface area contributed by atoms with E-state index in [9.17, 15) is 26.4 Å². The number of sulfonamides is 1. The number of halogens is 3. The second kappa shape index (κ2) is 13.3. The average Bonchev–Trinajstić information content (AvgIpc) is 3.52. The molecule has 1 aliphatic rings. The quantitative estimate of drug-likeness (QED) is 0.211. The van der Waals surface area contributed by atoms with Crippen molar-refractivity contribution in [3.05, 3.63) is 70.6 Å². The van der Waals surface area contributed by atoms with E-state index in [0.29, 0.717) is 17.2 Å². The van der Waals surface area contributed by atoms with Crippen molar-refractivity contribution in [3.8, 4) is 16.9 Å². The van der Waals surface area contributed by atoms with Crippen LogP contribution in [0.3, 0.4) is 0 Å². The number of carbonyl (C=O) groups excluding carboxylic acids is 1. The molecule has 1 unspecified atom stereocenters. The first kappa shape index (κ1) is 31.1. The third-order valence-electron chi connectivity index (χ3n) is 5.84. The van der Waals surface area contributed by atoms with Crippen LogP contribution in [0.5, 0.6) is 0 Å². The van der Waals surface area contributed by atoms with Crippen LogP contribution in [0, 0.1) is 6.92 Å². The molecular formula is C25H25F3N3NaO3S3. The van der Waals surface area contributed by atoms with E-state index >= 15 is 0 Å². The molecule has 3 aromatic rings. The van der Waals surface area contributed by atoms with Gasteiger partial charge in [0.1, 0.15) is 10.0 Å². The van der Waals surface area contributed by atoms with Gasteiger partial charge in [-0.2, -0.15) is 18.3 Å². The first-order valence-corrected chi connectivity index (χ1v) is 15.5. The minimum atomic E-state index is -4.65. The molecule has 0 bridgehead atoms. The summed E-state index contributed by atoms with van der Waals surface area (Å²) < 4.78 is 70.0. The summed E-state index contributed by atoms with van der Waals surface area (Å²) in [5, 5.41) is 4.31. The summed E-state index contributed by atoms with van der Waals surface area (Å²) in [5.41, 5.74) is 0.851. The van der Waals surface area contributed by atoms with Crippen molar-refractivity contribution < 1.29 is 55.9 Å². The number of amides is 1. The second-order valence-electron chi connectivity index (χ2n) is 8.72. The van der Waals surface area contributed by atoms with Crippen molar-refractivity contribution in [1.82, 2.24) is 9.78 Å². The molecule has 0 N–H and O–H groups in total. The molecule has 4 rings (SSSR count). The van der Waals surface area contributed by atoms with Gasteiger partial charge in [0.15, 0.2) is 5.69 Å². The predicted molar refractivity (Wildman–Crippen MR) is 141 cm³/mol. The molecule has 1 aromatic heterocycles. The fraction of sp³-hybridized carbons (Fsp3) is 0.360. The minimum Gasteiger partial charge on any atom is -0.542 e. The van der Waals surface area contributed by atoms with Gasteiger partial charge in [-0.05, 0) is 62.9 Å². The smallest absolute Gasteiger partial charge is 0.542 e. The van der Waals surface area contributed by atoms with E-state index in [4.69, 9.17) is 0 Å². The number of aryl methyl sites for hydroxylation is 1. The van der Waals surface area contributed by atoms with Crippen LogP contribution in [-0.4, -0.2) is 35.1 Å². The zero-order valence-corrected chi connectivity index (χ0v) is 25.4. The SMILES string of the molecule is Cc1ccc(-c2cc(C(F)(F)F)nn2-c2ccc(S(=O)(=O)[N-]C(=O)CCCCC3CCSS3)cc2)cc1.[Na+]. The summed E-state index contributed by atoms with van der Waals surface area (Å²) in [4.78, 5) is 11.9. The monoisotopic (exact) mass is 591 g/mol. The molecular weight excluding hydrogens is 566 g/mol. The number of alkyl halides is 3. The van der Waals surface area contributed by atoms with Gasteiger partial charge >= 0.3 is 35.7 Å². The van der Waals surface area contributed by atoms with Gasteiger partial charge in [0, 0.05) is 16.6 Å². The summed E-state index contributed by atoms with van der Waals surface area (Å²) in [7, 11) is -0.527. The van der Waals surface area contributed by atoms with Gasteiger partial charge in [-0.1, -0.05) is 57.8 Å². The third-order valence-corrected chi connectivity index (χ3v) is 10.2. The van der Waals surface area contributed by atoms with Gasteiger partial charge in [0.2, 0.25) is 0 Å². The number of aromatic nitrogens is 2. The summed E-state index contributed by atoms with van der Waals surface area (Å²) in [6.07, 6.45) is -1.05. The maximum Gasteiger partial charge on any atom is 1.00 e. The number of hydrogen-bond donors (Lipinski definition) is 0. The van der Waals surface area contributed by atoms with Gasteiger partial charge in [-0.25, -0.2) is 13.1 Å². The Kier molecular flexibility index (Phi) is 10.9. The standard InChI is InChI=1S/C25H26F3N3O3S3.Na/c1-17-6-8-18(9-7-17)22-16-23(25(26,27)28)29-31(22)19-10-12-21(13-11-19)37(33,34)30-24(32)5-3-2-4-20-14-15-35-36-20;/h6-13,16,20H,2-5,14-15H2,1H3,(H,30,32);/q;+1/p-1. The Morgan fingerprint density at radius 1 is 1.11 bits per heavy atom. The van der Waals surface area contributed by atoms with Crippen LogP contribution in [0.15, 0.2) is 59.5 Å². The molecule has 1 atom stereocenters. The van der Waals surface area contributed by atoms with Gasteiger partial charge in [0.05, 0.1) is 22.2 Å². The number of nitrogens with zero attached hydrogens (tertiary/aromatic N) is 3. The van der Waals surface area contributed by atoms with Crippen molar-refractivity contribution in [2.75, 3.05) is 5.75 Å². The molecule has 38 heavy (non-hydrogen) atoms. The second-order valence-corrected chi connectivity index (χ2v) is 13.1. The molecule has 1 aliphatic heterocycles. The van der Waals surface area contributed by atoms with E-state index < -0.39 is 27.8 Å². The maximum absolute atomic E-state index is 13.4. The molecule has 1 fully saturated rings. The number of rotatable bonds is 9. The van der Waals surface area contributed by atoms with Crippen LogP contribution >= 0.6 is 21.6 Å². The first-order valence-electron chi connectivity index (χ1n) is 11.7. The van der Waals surface area contributed by atoms with Gasteiger partial charge in [-0.3, -0.25) is 0 Å². The van der Waals surface area contributed by atoms with Crippen LogP contribution in [0.1, 0.15) is 43.4 Å². The topological polar surface area (TPSA) is 83.1 Å². The molecule has 13 heteroatoms. The molecule has 2 heterocycles. The average molecular weight is 592 g/mol. The number of unbranched alkanes of at least 4 members (excludes halogenated alkanes) is 1. The van der Waals surface area contributed by atoms with Crippen molar-refractivity contribution >= 4 is 37.5 Å². The fourth-order valence-corrected chi connectivity index (χ4v) is 7.82. The Balaban J connectivity index is 0.00000400. The van der Waals surface area contributed by atoms with Crippen molar-refractivity contribution in [1.29, 1.82) is 0 Å². The van der Waals surface area contributed by atoms with E-state index in [1.807, 2.05) is 28.5 Å². The van der Waals surface area contributed by atoms with Crippen LogP contribution in [-0.2, 0) is 21.0 Å². The fourth-order valence-electron chi connectivity index (χ4n) is 3.85. The zero-order valence-electron chi connectivity index (χ0n) is 20.9. The molecule has 198 valence electrons. The van der Waals surface area contributed by atoms with Crippen LogP contribution < -0.4 is 29.6 Å². The first-order chi connectivity index (χ1) is 17.5. The Morgan fingerprint density at radius 3 is 2.39 bits per heavy atom. The number of carbonyl (C=O) groups is 1. The van der Waals surface area contributed by atoms with Gasteiger partial charge in [0.25, 0.3) is 0 Å². The Bertz CT molecular complexity index is 1340.